The summed E-state index contributed by atoms with van der Waals surface area (Å²) in [6, 6.07) is 12.1. The van der Waals surface area contributed by atoms with Crippen LogP contribution in [0, 0.1) is 10.1 Å². The topological polar surface area (TPSA) is 96.0 Å². The first-order valence-corrected chi connectivity index (χ1v) is 9.68. The van der Waals surface area contributed by atoms with Crippen molar-refractivity contribution in [3.63, 3.8) is 0 Å². The fraction of sp³-hybridized carbons (Fsp3) is 0.105. The van der Waals surface area contributed by atoms with Crippen LogP contribution in [0.1, 0.15) is 5.82 Å². The number of rotatable bonds is 6. The van der Waals surface area contributed by atoms with E-state index in [4.69, 9.17) is 16.3 Å². The van der Waals surface area contributed by atoms with Gasteiger partial charge in [0.15, 0.2) is 11.0 Å². The molecule has 29 heavy (non-hydrogen) atoms. The number of hydrogen-bond donors (Lipinski definition) is 0. The molecule has 0 spiro atoms. The smallest absolute Gasteiger partial charge is 0.278 e. The first-order valence-electron chi connectivity index (χ1n) is 8.49. The number of ether oxygens (including phenoxy) is 1. The molecule has 10 heteroatoms. The SMILES string of the molecule is Cn1c(COc2ccccc2Cl)nnc1Sc1ccc([N+](=O)[O-])c2cnccc12. The Morgan fingerprint density at radius 2 is 2.00 bits per heavy atom. The third kappa shape index (κ3) is 3.87. The van der Waals surface area contributed by atoms with Gasteiger partial charge in [-0.1, -0.05) is 23.7 Å². The third-order valence-corrected chi connectivity index (χ3v) is 5.70. The maximum atomic E-state index is 11.3. The molecule has 0 saturated heterocycles. The van der Waals surface area contributed by atoms with Crippen LogP contribution in [0.3, 0.4) is 0 Å². The highest BCUT2D eigenvalue weighted by Gasteiger charge is 2.17. The van der Waals surface area contributed by atoms with Crippen molar-refractivity contribution >= 4 is 39.8 Å². The Kier molecular flexibility index (Phi) is 5.32. The van der Waals surface area contributed by atoms with Crippen molar-refractivity contribution in [2.24, 2.45) is 7.05 Å². The number of fused-ring (bicyclic) bond motifs is 1. The van der Waals surface area contributed by atoms with E-state index in [1.54, 1.807) is 30.5 Å². The molecule has 4 rings (SSSR count). The Balaban J connectivity index is 1.59. The number of hydrogen-bond acceptors (Lipinski definition) is 7. The van der Waals surface area contributed by atoms with Crippen LogP contribution in [0.25, 0.3) is 10.8 Å². The minimum atomic E-state index is -0.412. The van der Waals surface area contributed by atoms with E-state index in [1.807, 2.05) is 23.7 Å². The largest absolute Gasteiger partial charge is 0.484 e. The minimum Gasteiger partial charge on any atom is -0.484 e. The van der Waals surface area contributed by atoms with Gasteiger partial charge in [0, 0.05) is 35.8 Å². The Labute approximate surface area is 174 Å². The van der Waals surface area contributed by atoms with E-state index in [9.17, 15) is 10.1 Å². The second-order valence-electron chi connectivity index (χ2n) is 6.04. The second-order valence-corrected chi connectivity index (χ2v) is 7.46. The molecule has 2 aromatic heterocycles. The zero-order valence-electron chi connectivity index (χ0n) is 15.2. The van der Waals surface area contributed by atoms with Crippen LogP contribution in [0.2, 0.25) is 5.02 Å². The van der Waals surface area contributed by atoms with E-state index in [0.29, 0.717) is 27.1 Å². The van der Waals surface area contributed by atoms with E-state index in [0.717, 1.165) is 10.3 Å². The quantitative estimate of drug-likeness (QED) is 0.326. The van der Waals surface area contributed by atoms with Gasteiger partial charge in [0.2, 0.25) is 0 Å². The van der Waals surface area contributed by atoms with Crippen LogP contribution in [0.5, 0.6) is 5.75 Å². The summed E-state index contributed by atoms with van der Waals surface area (Å²) in [6.07, 6.45) is 3.10. The minimum absolute atomic E-state index is 0.0178. The van der Waals surface area contributed by atoms with E-state index < -0.39 is 4.92 Å². The molecule has 0 unspecified atom stereocenters. The summed E-state index contributed by atoms with van der Waals surface area (Å²) in [6.45, 7) is 0.207. The fourth-order valence-corrected chi connectivity index (χ4v) is 3.89. The predicted octanol–water partition coefficient (Wildman–Crippen LogP) is 4.66. The molecule has 2 heterocycles. The predicted molar refractivity (Wildman–Crippen MR) is 109 cm³/mol. The van der Waals surface area contributed by atoms with E-state index >= 15 is 0 Å². The van der Waals surface area contributed by atoms with Gasteiger partial charge in [0.05, 0.1) is 15.3 Å². The summed E-state index contributed by atoms with van der Waals surface area (Å²) in [4.78, 5) is 15.7. The van der Waals surface area contributed by atoms with Gasteiger partial charge in [0.1, 0.15) is 12.4 Å². The molecule has 8 nitrogen and oxygen atoms in total. The summed E-state index contributed by atoms with van der Waals surface area (Å²) < 4.78 is 7.55. The maximum Gasteiger partial charge on any atom is 0.278 e. The number of non-ortho nitro benzene ring substituents is 1. The number of benzene rings is 2. The standard InChI is InChI=1S/C19H14ClN5O3S/c1-24-18(11-28-16-5-3-2-4-14(16)20)22-23-19(24)29-17-7-6-15(25(26)27)13-10-21-9-8-12(13)17/h2-10H,11H2,1H3. The van der Waals surface area contributed by atoms with Gasteiger partial charge >= 0.3 is 0 Å². The number of aromatic nitrogens is 4. The number of pyridine rings is 1. The molecule has 0 N–H and O–H groups in total. The summed E-state index contributed by atoms with van der Waals surface area (Å²) in [5, 5.41) is 22.1. The van der Waals surface area contributed by atoms with E-state index in [2.05, 4.69) is 15.2 Å². The van der Waals surface area contributed by atoms with Crippen LogP contribution >= 0.6 is 23.4 Å². The molecule has 146 valence electrons. The fourth-order valence-electron chi connectivity index (χ4n) is 2.76. The summed E-state index contributed by atoms with van der Waals surface area (Å²) in [5.41, 5.74) is 0.0178. The maximum absolute atomic E-state index is 11.3. The summed E-state index contributed by atoms with van der Waals surface area (Å²) in [7, 11) is 1.84. The zero-order chi connectivity index (χ0) is 20.4. The average molecular weight is 428 g/mol. The second kappa shape index (κ2) is 8.06. The van der Waals surface area contributed by atoms with E-state index in [-0.39, 0.29) is 12.3 Å². The van der Waals surface area contributed by atoms with Crippen molar-refractivity contribution in [1.29, 1.82) is 0 Å². The number of halogens is 1. The van der Waals surface area contributed by atoms with Crippen LogP contribution in [-0.4, -0.2) is 24.7 Å². The van der Waals surface area contributed by atoms with Gasteiger partial charge < -0.3 is 9.30 Å². The van der Waals surface area contributed by atoms with Crippen LogP contribution in [-0.2, 0) is 13.7 Å². The first-order chi connectivity index (χ1) is 14.0. The van der Waals surface area contributed by atoms with E-state index in [1.165, 1.54) is 24.0 Å². The molecular formula is C19H14ClN5O3S. The van der Waals surface area contributed by atoms with Crippen molar-refractivity contribution in [3.05, 3.63) is 75.8 Å². The van der Waals surface area contributed by atoms with Crippen LogP contribution in [0.4, 0.5) is 5.69 Å². The highest BCUT2D eigenvalue weighted by Crippen LogP contribution is 2.36. The summed E-state index contributed by atoms with van der Waals surface area (Å²) in [5.74, 6) is 1.19. The van der Waals surface area contributed by atoms with Gasteiger partial charge in [0.25, 0.3) is 5.69 Å². The lowest BCUT2D eigenvalue weighted by atomic mass is 10.1. The highest BCUT2D eigenvalue weighted by atomic mass is 35.5. The number of nitro benzene ring substituents is 1. The molecule has 0 fully saturated rings. The monoisotopic (exact) mass is 427 g/mol. The lowest BCUT2D eigenvalue weighted by Gasteiger charge is -2.08. The van der Waals surface area contributed by atoms with Gasteiger partial charge in [-0.05, 0) is 36.0 Å². The molecule has 0 saturated carbocycles. The Morgan fingerprint density at radius 3 is 2.79 bits per heavy atom. The first kappa shape index (κ1) is 19.2. The highest BCUT2D eigenvalue weighted by molar-refractivity contribution is 7.99. The van der Waals surface area contributed by atoms with Crippen LogP contribution < -0.4 is 4.74 Å². The molecule has 0 bridgehead atoms. The molecule has 0 amide bonds. The average Bonchev–Trinajstić information content (AvgIpc) is 3.07. The Bertz CT molecular complexity index is 1210. The van der Waals surface area contributed by atoms with Gasteiger partial charge in [-0.3, -0.25) is 15.1 Å². The van der Waals surface area contributed by atoms with Gasteiger partial charge in [-0.25, -0.2) is 0 Å². The molecule has 0 aliphatic carbocycles. The van der Waals surface area contributed by atoms with Crippen molar-refractivity contribution in [3.8, 4) is 5.75 Å². The third-order valence-electron chi connectivity index (χ3n) is 4.27. The van der Waals surface area contributed by atoms with Crippen LogP contribution in [0.15, 0.2) is 64.9 Å². The van der Waals surface area contributed by atoms with Crippen molar-refractivity contribution in [1.82, 2.24) is 19.7 Å². The van der Waals surface area contributed by atoms with Crippen molar-refractivity contribution in [2.45, 2.75) is 16.7 Å². The Morgan fingerprint density at radius 1 is 1.17 bits per heavy atom. The van der Waals surface area contributed by atoms with Gasteiger partial charge in [-0.15, -0.1) is 10.2 Å². The molecule has 0 aliphatic heterocycles. The Hall–Kier alpha value is -3.17. The number of para-hydroxylation sites is 1. The number of nitrogens with zero attached hydrogens (tertiary/aromatic N) is 5. The van der Waals surface area contributed by atoms with Crippen molar-refractivity contribution < 1.29 is 9.66 Å². The normalized spacial score (nSPS) is 11.0. The number of nitro groups is 1. The lowest BCUT2D eigenvalue weighted by molar-refractivity contribution is -0.383. The zero-order valence-corrected chi connectivity index (χ0v) is 16.7. The lowest BCUT2D eigenvalue weighted by Crippen LogP contribution is -2.04. The van der Waals surface area contributed by atoms with Crippen molar-refractivity contribution in [2.75, 3.05) is 0 Å². The molecule has 0 radical (unpaired) electrons. The molecular weight excluding hydrogens is 414 g/mol. The molecule has 2 aromatic carbocycles. The molecule has 0 atom stereocenters. The molecule has 4 aromatic rings. The van der Waals surface area contributed by atoms with Gasteiger partial charge in [-0.2, -0.15) is 0 Å². The summed E-state index contributed by atoms with van der Waals surface area (Å²) >= 11 is 7.48. The molecule has 0 aliphatic rings.